The molecule has 0 spiro atoms. The maximum absolute atomic E-state index is 11.2. The van der Waals surface area contributed by atoms with Crippen LogP contribution in [-0.2, 0) is 4.79 Å². The number of aliphatic carboxylic acids is 1. The summed E-state index contributed by atoms with van der Waals surface area (Å²) in [5, 5.41) is 13.6. The van der Waals surface area contributed by atoms with Gasteiger partial charge in [0.25, 0.3) is 0 Å². The third-order valence-corrected chi connectivity index (χ3v) is 5.83. The molecular formula is C17H18BrN5O2. The molecule has 0 aliphatic heterocycles. The quantitative estimate of drug-likeness (QED) is 0.620. The average Bonchev–Trinajstić information content (AvgIpc) is 3.27. The molecule has 1 fully saturated rings. The summed E-state index contributed by atoms with van der Waals surface area (Å²) in [6.45, 7) is 0. The lowest BCUT2D eigenvalue weighted by Crippen LogP contribution is -2.21. The number of carboxylic acids is 1. The van der Waals surface area contributed by atoms with Crippen molar-refractivity contribution in [2.45, 2.75) is 31.6 Å². The normalized spacial score (nSPS) is 20.8. The summed E-state index contributed by atoms with van der Waals surface area (Å²) in [6, 6.07) is 1.97. The number of nitrogens with zero attached hydrogens (tertiary/aromatic N) is 3. The van der Waals surface area contributed by atoms with Gasteiger partial charge in [-0.15, -0.1) is 0 Å². The first-order chi connectivity index (χ1) is 12.1. The number of H-pyrrole nitrogens is 1. The number of nitrogens with two attached hydrogens (primary N) is 1. The second-order valence-electron chi connectivity index (χ2n) is 6.48. The maximum Gasteiger partial charge on any atom is 0.306 e. The van der Waals surface area contributed by atoms with Gasteiger partial charge in [0.1, 0.15) is 5.82 Å². The van der Waals surface area contributed by atoms with Crippen LogP contribution in [0.2, 0.25) is 0 Å². The van der Waals surface area contributed by atoms with Crippen LogP contribution in [0, 0.1) is 5.92 Å². The number of aromatic amines is 1. The van der Waals surface area contributed by atoms with E-state index in [2.05, 4.69) is 26.0 Å². The minimum Gasteiger partial charge on any atom is -0.481 e. The average molecular weight is 404 g/mol. The SMILES string of the molecule is Nc1c(Br)c(C2CCC(C(=O)O)CC2)nc2c(-c3cc[nH]c3)cnn12. The summed E-state index contributed by atoms with van der Waals surface area (Å²) in [4.78, 5) is 19.1. The first kappa shape index (κ1) is 16.1. The van der Waals surface area contributed by atoms with Gasteiger partial charge in [-0.25, -0.2) is 4.98 Å². The maximum atomic E-state index is 11.2. The van der Waals surface area contributed by atoms with Gasteiger partial charge in [0.2, 0.25) is 0 Å². The van der Waals surface area contributed by atoms with Crippen molar-refractivity contribution in [1.82, 2.24) is 19.6 Å². The van der Waals surface area contributed by atoms with Crippen LogP contribution in [0.25, 0.3) is 16.8 Å². The third-order valence-electron chi connectivity index (χ3n) is 5.02. The summed E-state index contributed by atoms with van der Waals surface area (Å²) < 4.78 is 2.39. The van der Waals surface area contributed by atoms with Gasteiger partial charge in [0, 0.05) is 29.4 Å². The Kier molecular flexibility index (Phi) is 3.99. The number of fused-ring (bicyclic) bond motifs is 1. The molecule has 0 saturated heterocycles. The number of nitrogens with one attached hydrogen (secondary N) is 1. The standard InChI is InChI=1S/C17H18BrN5O2/c18-13-14(9-1-3-10(4-2-9)17(24)25)22-16-12(11-5-6-20-7-11)8-21-23(16)15(13)19/h5-10,20H,1-4,19H2,(H,24,25). The monoisotopic (exact) mass is 403 g/mol. The van der Waals surface area contributed by atoms with Crippen molar-refractivity contribution in [2.24, 2.45) is 5.92 Å². The van der Waals surface area contributed by atoms with Gasteiger partial charge in [-0.2, -0.15) is 9.61 Å². The number of nitrogen functional groups attached to an aromatic ring is 1. The Balaban J connectivity index is 1.76. The molecule has 4 rings (SSSR count). The molecule has 0 amide bonds. The highest BCUT2D eigenvalue weighted by atomic mass is 79.9. The molecule has 1 aliphatic carbocycles. The number of anilines is 1. The van der Waals surface area contributed by atoms with Gasteiger partial charge in [0.15, 0.2) is 5.65 Å². The Hall–Kier alpha value is -2.35. The van der Waals surface area contributed by atoms with E-state index in [0.717, 1.165) is 39.8 Å². The Labute approximate surface area is 152 Å². The molecule has 0 atom stereocenters. The van der Waals surface area contributed by atoms with Crippen molar-refractivity contribution >= 4 is 33.4 Å². The third kappa shape index (κ3) is 2.70. The lowest BCUT2D eigenvalue weighted by Gasteiger charge is -2.26. The van der Waals surface area contributed by atoms with Crippen LogP contribution in [0.3, 0.4) is 0 Å². The number of hydrogen-bond donors (Lipinski definition) is 3. The molecule has 0 unspecified atom stereocenters. The number of carboxylic acid groups (broad SMARTS) is 1. The fourth-order valence-electron chi connectivity index (χ4n) is 3.59. The highest BCUT2D eigenvalue weighted by Crippen LogP contribution is 2.40. The fraction of sp³-hybridized carbons (Fsp3) is 0.353. The molecule has 7 nitrogen and oxygen atoms in total. The zero-order valence-electron chi connectivity index (χ0n) is 13.4. The summed E-state index contributed by atoms with van der Waals surface area (Å²) in [7, 11) is 0. The Morgan fingerprint density at radius 1 is 1.36 bits per heavy atom. The van der Waals surface area contributed by atoms with Crippen LogP contribution < -0.4 is 5.73 Å². The minimum absolute atomic E-state index is 0.200. The first-order valence-electron chi connectivity index (χ1n) is 8.25. The number of aromatic nitrogens is 4. The van der Waals surface area contributed by atoms with E-state index in [-0.39, 0.29) is 11.8 Å². The highest BCUT2D eigenvalue weighted by Gasteiger charge is 2.30. The Bertz CT molecular complexity index is 926. The zero-order valence-corrected chi connectivity index (χ0v) is 15.0. The molecule has 4 N–H and O–H groups in total. The van der Waals surface area contributed by atoms with Crippen LogP contribution >= 0.6 is 15.9 Å². The smallest absolute Gasteiger partial charge is 0.306 e. The summed E-state index contributed by atoms with van der Waals surface area (Å²) >= 11 is 3.57. The van der Waals surface area contributed by atoms with Crippen LogP contribution in [0.4, 0.5) is 5.82 Å². The molecule has 3 aromatic heterocycles. The van der Waals surface area contributed by atoms with Gasteiger partial charge < -0.3 is 15.8 Å². The fourth-order valence-corrected chi connectivity index (χ4v) is 4.17. The van der Waals surface area contributed by atoms with Crippen molar-refractivity contribution in [1.29, 1.82) is 0 Å². The number of rotatable bonds is 3. The predicted octanol–water partition coefficient (Wildman–Crippen LogP) is 3.43. The van der Waals surface area contributed by atoms with Crippen LogP contribution in [0.5, 0.6) is 0 Å². The lowest BCUT2D eigenvalue weighted by molar-refractivity contribution is -0.142. The molecule has 1 saturated carbocycles. The van der Waals surface area contributed by atoms with Crippen LogP contribution in [0.1, 0.15) is 37.3 Å². The molecular weight excluding hydrogens is 386 g/mol. The molecule has 25 heavy (non-hydrogen) atoms. The number of hydrogen-bond acceptors (Lipinski definition) is 4. The number of carbonyl (C=O) groups is 1. The molecule has 8 heteroatoms. The molecule has 130 valence electrons. The van der Waals surface area contributed by atoms with Crippen molar-refractivity contribution in [3.63, 3.8) is 0 Å². The summed E-state index contributed by atoms with van der Waals surface area (Å²) in [5.74, 6) is -0.235. The second-order valence-corrected chi connectivity index (χ2v) is 7.27. The van der Waals surface area contributed by atoms with E-state index in [0.29, 0.717) is 18.7 Å². The van der Waals surface area contributed by atoms with E-state index in [1.165, 1.54) is 0 Å². The van der Waals surface area contributed by atoms with E-state index < -0.39 is 5.97 Å². The molecule has 3 aromatic rings. The summed E-state index contributed by atoms with van der Waals surface area (Å²) in [5.41, 5.74) is 9.81. The van der Waals surface area contributed by atoms with Gasteiger partial charge in [-0.3, -0.25) is 4.79 Å². The molecule has 0 bridgehead atoms. The zero-order chi connectivity index (χ0) is 17.6. The van der Waals surface area contributed by atoms with Gasteiger partial charge >= 0.3 is 5.97 Å². The second kappa shape index (κ2) is 6.18. The van der Waals surface area contributed by atoms with E-state index in [1.807, 2.05) is 18.5 Å². The van der Waals surface area contributed by atoms with Crippen molar-refractivity contribution in [3.05, 3.63) is 34.8 Å². The molecule has 0 aromatic carbocycles. The van der Waals surface area contributed by atoms with Gasteiger partial charge in [0.05, 0.1) is 22.3 Å². The molecule has 3 heterocycles. The van der Waals surface area contributed by atoms with Gasteiger partial charge in [-0.1, -0.05) is 0 Å². The Morgan fingerprint density at radius 2 is 2.12 bits per heavy atom. The van der Waals surface area contributed by atoms with Crippen molar-refractivity contribution in [3.8, 4) is 11.1 Å². The van der Waals surface area contributed by atoms with Crippen molar-refractivity contribution in [2.75, 3.05) is 5.73 Å². The number of halogens is 1. The van der Waals surface area contributed by atoms with Crippen LogP contribution in [0.15, 0.2) is 29.1 Å². The van der Waals surface area contributed by atoms with E-state index in [4.69, 9.17) is 10.7 Å². The highest BCUT2D eigenvalue weighted by molar-refractivity contribution is 9.10. The van der Waals surface area contributed by atoms with Crippen molar-refractivity contribution < 1.29 is 9.90 Å². The van der Waals surface area contributed by atoms with E-state index in [9.17, 15) is 9.90 Å². The largest absolute Gasteiger partial charge is 0.481 e. The van der Waals surface area contributed by atoms with E-state index >= 15 is 0 Å². The summed E-state index contributed by atoms with van der Waals surface area (Å²) in [6.07, 6.45) is 8.45. The van der Waals surface area contributed by atoms with E-state index in [1.54, 1.807) is 10.7 Å². The first-order valence-corrected chi connectivity index (χ1v) is 9.04. The predicted molar refractivity (Wildman–Crippen MR) is 97.2 cm³/mol. The van der Waals surface area contributed by atoms with Gasteiger partial charge in [-0.05, 0) is 47.7 Å². The Morgan fingerprint density at radius 3 is 2.76 bits per heavy atom. The minimum atomic E-state index is -0.703. The molecule has 1 aliphatic rings. The molecule has 0 radical (unpaired) electrons. The topological polar surface area (TPSA) is 109 Å². The van der Waals surface area contributed by atoms with Crippen LogP contribution in [-0.4, -0.2) is 30.7 Å². The lowest BCUT2D eigenvalue weighted by atomic mass is 9.80.